The van der Waals surface area contributed by atoms with E-state index in [0.29, 0.717) is 25.6 Å². The summed E-state index contributed by atoms with van der Waals surface area (Å²) in [6, 6.07) is 6.51. The Morgan fingerprint density at radius 2 is 1.96 bits per heavy atom. The van der Waals surface area contributed by atoms with E-state index in [9.17, 15) is 12.8 Å². The average molecular weight is 385 g/mol. The molecule has 1 heterocycles. The third kappa shape index (κ3) is 4.54. The van der Waals surface area contributed by atoms with Gasteiger partial charge in [0.25, 0.3) is 0 Å². The largest absolute Gasteiger partial charge is 0.354 e. The smallest absolute Gasteiger partial charge is 0.193 e. The number of hydrogen-bond donors (Lipinski definition) is 1. The lowest BCUT2D eigenvalue weighted by atomic mass is 10.1. The van der Waals surface area contributed by atoms with E-state index in [1.165, 1.54) is 12.1 Å². The van der Waals surface area contributed by atoms with E-state index in [1.54, 1.807) is 33.0 Å². The molecule has 0 aromatic heterocycles. The molecule has 1 aliphatic rings. The summed E-state index contributed by atoms with van der Waals surface area (Å²) in [4.78, 5) is 8.36. The molecule has 2 rings (SSSR count). The first-order valence-corrected chi connectivity index (χ1v) is 10.3. The van der Waals surface area contributed by atoms with Crippen molar-refractivity contribution in [1.29, 1.82) is 0 Å². The second-order valence-corrected chi connectivity index (χ2v) is 10.2. The molecule has 1 aliphatic heterocycles. The summed E-state index contributed by atoms with van der Waals surface area (Å²) in [5.74, 6) is 0.546. The zero-order valence-corrected chi connectivity index (χ0v) is 17.0. The molecule has 0 bridgehead atoms. The van der Waals surface area contributed by atoms with Gasteiger partial charge in [-0.05, 0) is 45.6 Å². The van der Waals surface area contributed by atoms with E-state index in [2.05, 4.69) is 15.2 Å². The highest BCUT2D eigenvalue weighted by Gasteiger charge is 2.41. The molecule has 1 unspecified atom stereocenters. The molecule has 146 valence electrons. The van der Waals surface area contributed by atoms with Gasteiger partial charge in [-0.2, -0.15) is 0 Å². The van der Waals surface area contributed by atoms with Crippen molar-refractivity contribution in [2.24, 2.45) is 4.99 Å². The molecular weight excluding hydrogens is 355 g/mol. The van der Waals surface area contributed by atoms with E-state index >= 15 is 0 Å². The number of benzene rings is 1. The molecule has 0 amide bonds. The normalized spacial score (nSPS) is 20.9. The molecule has 1 saturated heterocycles. The number of guanidine groups is 1. The number of likely N-dealkylation sites (N-methyl/N-ethyl adjacent to an activating group) is 1. The van der Waals surface area contributed by atoms with E-state index in [4.69, 9.17) is 0 Å². The highest BCUT2D eigenvalue weighted by atomic mass is 32.2. The monoisotopic (exact) mass is 384 g/mol. The van der Waals surface area contributed by atoms with Crippen LogP contribution >= 0.6 is 0 Å². The van der Waals surface area contributed by atoms with Crippen LogP contribution in [0.3, 0.4) is 0 Å². The molecule has 8 heteroatoms. The van der Waals surface area contributed by atoms with E-state index in [0.717, 1.165) is 5.56 Å². The van der Waals surface area contributed by atoms with E-state index in [-0.39, 0.29) is 17.6 Å². The highest BCUT2D eigenvalue weighted by molar-refractivity contribution is 7.92. The van der Waals surface area contributed by atoms with Gasteiger partial charge in [-0.15, -0.1) is 0 Å². The highest BCUT2D eigenvalue weighted by Crippen LogP contribution is 2.24. The number of sulfone groups is 1. The van der Waals surface area contributed by atoms with Crippen LogP contribution in [0.5, 0.6) is 0 Å². The number of nitrogens with zero attached hydrogens (tertiary/aromatic N) is 3. The molecule has 0 aliphatic carbocycles. The quantitative estimate of drug-likeness (QED) is 0.630. The zero-order valence-electron chi connectivity index (χ0n) is 16.2. The number of rotatable bonds is 4. The molecule has 1 fully saturated rings. The van der Waals surface area contributed by atoms with Crippen LogP contribution in [0.1, 0.15) is 25.5 Å². The van der Waals surface area contributed by atoms with Gasteiger partial charge in [0.05, 0.1) is 16.5 Å². The second kappa shape index (κ2) is 7.92. The maximum atomic E-state index is 13.2. The minimum absolute atomic E-state index is 0.0360. The van der Waals surface area contributed by atoms with Gasteiger partial charge in [0.2, 0.25) is 0 Å². The Morgan fingerprint density at radius 1 is 1.35 bits per heavy atom. The van der Waals surface area contributed by atoms with Gasteiger partial charge in [-0.25, -0.2) is 12.8 Å². The van der Waals surface area contributed by atoms with Gasteiger partial charge >= 0.3 is 0 Å². The average Bonchev–Trinajstić information content (AvgIpc) is 2.55. The van der Waals surface area contributed by atoms with Crippen LogP contribution in [0.25, 0.3) is 0 Å². The van der Waals surface area contributed by atoms with Crippen molar-refractivity contribution in [3.05, 3.63) is 35.6 Å². The topological polar surface area (TPSA) is 65.0 Å². The Hall–Kier alpha value is -1.67. The molecule has 1 atom stereocenters. The molecule has 1 aromatic rings. The van der Waals surface area contributed by atoms with Crippen molar-refractivity contribution in [3.8, 4) is 0 Å². The van der Waals surface area contributed by atoms with Crippen LogP contribution in [0.2, 0.25) is 0 Å². The summed E-state index contributed by atoms with van der Waals surface area (Å²) in [7, 11) is 2.53. The Balaban J connectivity index is 2.09. The molecule has 0 radical (unpaired) electrons. The molecule has 26 heavy (non-hydrogen) atoms. The molecule has 1 N–H and O–H groups in total. The van der Waals surface area contributed by atoms with E-state index < -0.39 is 14.6 Å². The van der Waals surface area contributed by atoms with Crippen LogP contribution in [-0.4, -0.2) is 75.5 Å². The van der Waals surface area contributed by atoms with Crippen LogP contribution in [0, 0.1) is 5.82 Å². The molecule has 0 spiro atoms. The van der Waals surface area contributed by atoms with E-state index in [1.807, 2.05) is 19.0 Å². The summed E-state index contributed by atoms with van der Waals surface area (Å²) in [6.07, 6.45) is 0. The first-order valence-electron chi connectivity index (χ1n) is 8.67. The lowest BCUT2D eigenvalue weighted by Crippen LogP contribution is -2.57. The molecule has 0 saturated carbocycles. The SMILES string of the molecule is CN=C(NCC(c1ccc(F)cc1)N(C)C)N1CCS(=O)(=O)C(C)(C)C1. The van der Waals surface area contributed by atoms with Gasteiger partial charge in [-0.1, -0.05) is 12.1 Å². The number of halogens is 1. The fraction of sp³-hybridized carbons (Fsp3) is 0.611. The minimum Gasteiger partial charge on any atom is -0.354 e. The van der Waals surface area contributed by atoms with Crippen LogP contribution in [0.15, 0.2) is 29.3 Å². The fourth-order valence-electron chi connectivity index (χ4n) is 3.13. The predicted molar refractivity (Wildman–Crippen MR) is 104 cm³/mol. The Kier molecular flexibility index (Phi) is 6.29. The van der Waals surface area contributed by atoms with Crippen molar-refractivity contribution in [3.63, 3.8) is 0 Å². The maximum absolute atomic E-state index is 13.2. The van der Waals surface area contributed by atoms with Gasteiger partial charge in [0.15, 0.2) is 15.8 Å². The Labute approximate surface area is 156 Å². The molecular formula is C18H29FN4O2S. The van der Waals surface area contributed by atoms with Crippen molar-refractivity contribution >= 4 is 15.8 Å². The standard InChI is InChI=1S/C18H29FN4O2S/c1-18(2)13-23(10-11-26(18,24)25)17(20-3)21-12-16(22(4)5)14-6-8-15(19)9-7-14/h6-9,16H,10-13H2,1-5H3,(H,20,21). The zero-order chi connectivity index (χ0) is 19.5. The number of hydrogen-bond acceptors (Lipinski definition) is 4. The lowest BCUT2D eigenvalue weighted by molar-refractivity contribution is 0.291. The summed E-state index contributed by atoms with van der Waals surface area (Å²) in [5, 5.41) is 3.34. The number of aliphatic imine (C=N–C) groups is 1. The fourth-order valence-corrected chi connectivity index (χ4v) is 4.49. The lowest BCUT2D eigenvalue weighted by Gasteiger charge is -2.39. The third-order valence-corrected chi connectivity index (χ3v) is 7.42. The van der Waals surface area contributed by atoms with Crippen LogP contribution in [0.4, 0.5) is 4.39 Å². The molecule has 1 aromatic carbocycles. The van der Waals surface area contributed by atoms with Crippen molar-refractivity contribution in [2.75, 3.05) is 46.5 Å². The van der Waals surface area contributed by atoms with Crippen molar-refractivity contribution < 1.29 is 12.8 Å². The summed E-state index contributed by atoms with van der Waals surface area (Å²) >= 11 is 0. The summed E-state index contributed by atoms with van der Waals surface area (Å²) in [6.45, 7) is 4.91. The number of nitrogens with one attached hydrogen (secondary N) is 1. The van der Waals surface area contributed by atoms with Crippen LogP contribution < -0.4 is 5.32 Å². The summed E-state index contributed by atoms with van der Waals surface area (Å²) < 4.78 is 36.8. The van der Waals surface area contributed by atoms with Gasteiger partial charge in [0.1, 0.15) is 5.82 Å². The predicted octanol–water partition coefficient (Wildman–Crippen LogP) is 1.51. The Morgan fingerprint density at radius 3 is 2.46 bits per heavy atom. The third-order valence-electron chi connectivity index (χ3n) is 4.89. The first-order chi connectivity index (χ1) is 12.1. The van der Waals surface area contributed by atoms with Crippen LogP contribution in [-0.2, 0) is 9.84 Å². The Bertz CT molecular complexity index is 745. The second-order valence-electron chi connectivity index (χ2n) is 7.46. The molecule has 6 nitrogen and oxygen atoms in total. The van der Waals surface area contributed by atoms with Gasteiger partial charge in [-0.3, -0.25) is 4.99 Å². The van der Waals surface area contributed by atoms with Gasteiger partial charge < -0.3 is 15.1 Å². The van der Waals surface area contributed by atoms with Crippen molar-refractivity contribution in [2.45, 2.75) is 24.6 Å². The van der Waals surface area contributed by atoms with Crippen molar-refractivity contribution in [1.82, 2.24) is 15.1 Å². The first kappa shape index (κ1) is 20.6. The maximum Gasteiger partial charge on any atom is 0.193 e. The minimum atomic E-state index is -3.10. The van der Waals surface area contributed by atoms with Gasteiger partial charge in [0, 0.05) is 26.7 Å². The summed E-state index contributed by atoms with van der Waals surface area (Å²) in [5.41, 5.74) is 1.00.